The molecule has 2 rings (SSSR count). The lowest BCUT2D eigenvalue weighted by atomic mass is 10.0. The molecule has 3 nitrogen and oxygen atoms in total. The van der Waals surface area contributed by atoms with E-state index in [4.69, 9.17) is 5.84 Å². The molecule has 1 fully saturated rings. The van der Waals surface area contributed by atoms with E-state index in [9.17, 15) is 0 Å². The van der Waals surface area contributed by atoms with Crippen molar-refractivity contribution < 1.29 is 0 Å². The van der Waals surface area contributed by atoms with E-state index in [1.165, 1.54) is 16.7 Å². The Bertz CT molecular complexity index is 334. The first-order chi connectivity index (χ1) is 7.66. The second kappa shape index (κ2) is 4.95. The predicted molar refractivity (Wildman–Crippen MR) is 67.0 cm³/mol. The van der Waals surface area contributed by atoms with Crippen LogP contribution in [0.25, 0.3) is 0 Å². The van der Waals surface area contributed by atoms with Crippen LogP contribution in [0.1, 0.15) is 16.7 Å². The van der Waals surface area contributed by atoms with E-state index in [1.807, 2.05) is 5.01 Å². The molecule has 0 radical (unpaired) electrons. The summed E-state index contributed by atoms with van der Waals surface area (Å²) >= 11 is 0. The summed E-state index contributed by atoms with van der Waals surface area (Å²) in [5.74, 6) is 5.76. The molecule has 1 aliphatic rings. The van der Waals surface area contributed by atoms with Gasteiger partial charge in [0.2, 0.25) is 0 Å². The van der Waals surface area contributed by atoms with E-state index >= 15 is 0 Å². The maximum absolute atomic E-state index is 5.76. The molecule has 0 saturated carbocycles. The van der Waals surface area contributed by atoms with Gasteiger partial charge in [0.05, 0.1) is 0 Å². The van der Waals surface area contributed by atoms with E-state index in [2.05, 4.69) is 36.9 Å². The van der Waals surface area contributed by atoms with Gasteiger partial charge in [-0.2, -0.15) is 0 Å². The number of hydrogen-bond donors (Lipinski definition) is 1. The van der Waals surface area contributed by atoms with Crippen LogP contribution < -0.4 is 5.84 Å². The third-order valence-electron chi connectivity index (χ3n) is 3.43. The number of rotatable bonds is 2. The van der Waals surface area contributed by atoms with Crippen LogP contribution in [-0.2, 0) is 6.54 Å². The van der Waals surface area contributed by atoms with Gasteiger partial charge in [0.15, 0.2) is 0 Å². The van der Waals surface area contributed by atoms with Gasteiger partial charge < -0.3 is 0 Å². The van der Waals surface area contributed by atoms with Crippen LogP contribution in [0.5, 0.6) is 0 Å². The van der Waals surface area contributed by atoms with Crippen molar-refractivity contribution in [2.45, 2.75) is 20.4 Å². The molecule has 0 spiro atoms. The Labute approximate surface area is 97.8 Å². The maximum atomic E-state index is 5.76. The average molecular weight is 219 g/mol. The quantitative estimate of drug-likeness (QED) is 0.761. The Morgan fingerprint density at radius 3 is 2.19 bits per heavy atom. The summed E-state index contributed by atoms with van der Waals surface area (Å²) in [5, 5.41) is 1.90. The standard InChI is InChI=1S/C13H21N3/c1-11-4-3-5-12(2)13(11)10-15-6-8-16(14)9-7-15/h3-5H,6-10,14H2,1-2H3. The minimum atomic E-state index is 0.977. The number of aryl methyl sites for hydroxylation is 2. The molecule has 1 aromatic rings. The van der Waals surface area contributed by atoms with Crippen LogP contribution in [-0.4, -0.2) is 36.1 Å². The smallest absolute Gasteiger partial charge is 0.0257 e. The van der Waals surface area contributed by atoms with Gasteiger partial charge in [-0.15, -0.1) is 0 Å². The molecule has 1 aromatic carbocycles. The fourth-order valence-corrected chi connectivity index (χ4v) is 2.24. The SMILES string of the molecule is Cc1cccc(C)c1CN1CCN(N)CC1. The zero-order valence-corrected chi connectivity index (χ0v) is 10.2. The van der Waals surface area contributed by atoms with Crippen LogP contribution in [0.3, 0.4) is 0 Å². The molecular weight excluding hydrogens is 198 g/mol. The monoisotopic (exact) mass is 219 g/mol. The van der Waals surface area contributed by atoms with Crippen LogP contribution in [0.4, 0.5) is 0 Å². The lowest BCUT2D eigenvalue weighted by Gasteiger charge is -2.32. The lowest BCUT2D eigenvalue weighted by molar-refractivity contribution is 0.128. The molecule has 0 aliphatic carbocycles. The molecule has 88 valence electrons. The topological polar surface area (TPSA) is 32.5 Å². The molecule has 0 aromatic heterocycles. The van der Waals surface area contributed by atoms with Gasteiger partial charge in [-0.25, -0.2) is 5.01 Å². The molecule has 2 N–H and O–H groups in total. The van der Waals surface area contributed by atoms with E-state index < -0.39 is 0 Å². The van der Waals surface area contributed by atoms with Gasteiger partial charge in [0, 0.05) is 32.7 Å². The van der Waals surface area contributed by atoms with Gasteiger partial charge in [-0.3, -0.25) is 10.7 Å². The second-order valence-corrected chi connectivity index (χ2v) is 4.68. The first kappa shape index (κ1) is 11.6. The fraction of sp³-hybridized carbons (Fsp3) is 0.538. The highest BCUT2D eigenvalue weighted by molar-refractivity contribution is 5.33. The predicted octanol–water partition coefficient (Wildman–Crippen LogP) is 1.29. The second-order valence-electron chi connectivity index (χ2n) is 4.68. The van der Waals surface area contributed by atoms with E-state index in [-0.39, 0.29) is 0 Å². The van der Waals surface area contributed by atoms with Crippen molar-refractivity contribution in [3.63, 3.8) is 0 Å². The molecule has 1 heterocycles. The van der Waals surface area contributed by atoms with E-state index in [0.29, 0.717) is 0 Å². The Kier molecular flexibility index (Phi) is 3.59. The van der Waals surface area contributed by atoms with Gasteiger partial charge in [0.1, 0.15) is 0 Å². The summed E-state index contributed by atoms with van der Waals surface area (Å²) in [6.07, 6.45) is 0. The summed E-state index contributed by atoms with van der Waals surface area (Å²) in [6.45, 7) is 9.56. The molecule has 0 unspecified atom stereocenters. The molecule has 0 bridgehead atoms. The number of nitrogens with zero attached hydrogens (tertiary/aromatic N) is 2. The summed E-state index contributed by atoms with van der Waals surface area (Å²) in [6, 6.07) is 6.52. The number of piperazine rings is 1. The minimum Gasteiger partial charge on any atom is -0.296 e. The molecule has 1 saturated heterocycles. The molecule has 0 atom stereocenters. The van der Waals surface area contributed by atoms with E-state index in [1.54, 1.807) is 0 Å². The molecule has 3 heteroatoms. The third-order valence-corrected chi connectivity index (χ3v) is 3.43. The molecule has 16 heavy (non-hydrogen) atoms. The Morgan fingerprint density at radius 2 is 1.62 bits per heavy atom. The number of hydrogen-bond acceptors (Lipinski definition) is 3. The minimum absolute atomic E-state index is 0.977. The Balaban J connectivity index is 2.04. The maximum Gasteiger partial charge on any atom is 0.0257 e. The van der Waals surface area contributed by atoms with Crippen LogP contribution in [0, 0.1) is 13.8 Å². The molecule has 1 aliphatic heterocycles. The lowest BCUT2D eigenvalue weighted by Crippen LogP contribution is -2.49. The largest absolute Gasteiger partial charge is 0.296 e. The van der Waals surface area contributed by atoms with Gasteiger partial charge >= 0.3 is 0 Å². The highest BCUT2D eigenvalue weighted by atomic mass is 15.4. The van der Waals surface area contributed by atoms with E-state index in [0.717, 1.165) is 32.7 Å². The Hall–Kier alpha value is -0.900. The normalized spacial score (nSPS) is 18.9. The summed E-state index contributed by atoms with van der Waals surface area (Å²) in [4.78, 5) is 2.48. The van der Waals surface area contributed by atoms with Crippen molar-refractivity contribution >= 4 is 0 Å². The number of benzene rings is 1. The average Bonchev–Trinajstić information content (AvgIpc) is 2.26. The zero-order valence-electron chi connectivity index (χ0n) is 10.2. The van der Waals surface area contributed by atoms with Crippen LogP contribution in [0.2, 0.25) is 0 Å². The number of nitrogens with two attached hydrogens (primary N) is 1. The van der Waals surface area contributed by atoms with Crippen molar-refractivity contribution in [3.8, 4) is 0 Å². The third kappa shape index (κ3) is 2.61. The highest BCUT2D eigenvalue weighted by Gasteiger charge is 2.15. The Morgan fingerprint density at radius 1 is 1.06 bits per heavy atom. The molecule has 0 amide bonds. The van der Waals surface area contributed by atoms with Crippen molar-refractivity contribution in [2.75, 3.05) is 26.2 Å². The van der Waals surface area contributed by atoms with Crippen molar-refractivity contribution in [1.82, 2.24) is 9.91 Å². The van der Waals surface area contributed by atoms with Gasteiger partial charge in [-0.05, 0) is 30.5 Å². The van der Waals surface area contributed by atoms with Gasteiger partial charge in [0.25, 0.3) is 0 Å². The van der Waals surface area contributed by atoms with Gasteiger partial charge in [-0.1, -0.05) is 18.2 Å². The molecular formula is C13H21N3. The summed E-state index contributed by atoms with van der Waals surface area (Å²) in [5.41, 5.74) is 4.28. The van der Waals surface area contributed by atoms with Crippen LogP contribution >= 0.6 is 0 Å². The van der Waals surface area contributed by atoms with Crippen molar-refractivity contribution in [3.05, 3.63) is 34.9 Å². The fourth-order valence-electron chi connectivity index (χ4n) is 2.24. The van der Waals surface area contributed by atoms with Crippen molar-refractivity contribution in [2.24, 2.45) is 5.84 Å². The number of hydrazine groups is 1. The summed E-state index contributed by atoms with van der Waals surface area (Å²) in [7, 11) is 0. The van der Waals surface area contributed by atoms with Crippen LogP contribution in [0.15, 0.2) is 18.2 Å². The summed E-state index contributed by atoms with van der Waals surface area (Å²) < 4.78 is 0. The first-order valence-corrected chi connectivity index (χ1v) is 5.94. The highest BCUT2D eigenvalue weighted by Crippen LogP contribution is 2.16. The van der Waals surface area contributed by atoms with Crippen molar-refractivity contribution in [1.29, 1.82) is 0 Å². The first-order valence-electron chi connectivity index (χ1n) is 5.94. The zero-order chi connectivity index (χ0) is 11.5.